The highest BCUT2D eigenvalue weighted by molar-refractivity contribution is 7.80. The van der Waals surface area contributed by atoms with Crippen LogP contribution in [0.2, 0.25) is 0 Å². The fraction of sp³-hybridized carbons (Fsp3) is 0.176. The van der Waals surface area contributed by atoms with Crippen molar-refractivity contribution in [1.82, 2.24) is 5.32 Å². The molecule has 0 aliphatic carbocycles. The van der Waals surface area contributed by atoms with Gasteiger partial charge in [-0.3, -0.25) is 10.1 Å². The summed E-state index contributed by atoms with van der Waals surface area (Å²) in [6.07, 6.45) is 2.98. The normalized spacial score (nSPS) is 10.7. The summed E-state index contributed by atoms with van der Waals surface area (Å²) in [6.45, 7) is 5.86. The number of amides is 1. The molecule has 2 aromatic rings. The molecule has 0 fully saturated rings. The van der Waals surface area contributed by atoms with Crippen LogP contribution in [0.1, 0.15) is 22.6 Å². The molecule has 0 spiro atoms. The number of hydrogen-bond acceptors (Lipinski definition) is 3. The molecule has 5 heteroatoms. The number of hydrogen-bond donors (Lipinski definition) is 2. The van der Waals surface area contributed by atoms with Crippen LogP contribution in [0.4, 0.5) is 5.69 Å². The highest BCUT2D eigenvalue weighted by atomic mass is 32.1. The highest BCUT2D eigenvalue weighted by Crippen LogP contribution is 2.13. The SMILES string of the molecule is Cc1cc(C)cc(NC(=S)NC(=O)C=Cc2ccc(C)o2)c1. The van der Waals surface area contributed by atoms with E-state index in [4.69, 9.17) is 16.6 Å². The second-order valence-electron chi connectivity index (χ2n) is 5.10. The summed E-state index contributed by atoms with van der Waals surface area (Å²) in [4.78, 5) is 11.8. The molecule has 0 radical (unpaired) electrons. The first-order chi connectivity index (χ1) is 10.4. The van der Waals surface area contributed by atoms with Gasteiger partial charge in [-0.1, -0.05) is 6.07 Å². The Morgan fingerprint density at radius 1 is 1.14 bits per heavy atom. The summed E-state index contributed by atoms with van der Waals surface area (Å²) in [5.41, 5.74) is 3.11. The van der Waals surface area contributed by atoms with Crippen molar-refractivity contribution in [3.05, 3.63) is 59.1 Å². The molecule has 0 unspecified atom stereocenters. The summed E-state index contributed by atoms with van der Waals surface area (Å²) >= 11 is 5.13. The number of anilines is 1. The Hall–Kier alpha value is -2.40. The number of furan rings is 1. The summed E-state index contributed by atoms with van der Waals surface area (Å²) in [6, 6.07) is 9.63. The van der Waals surface area contributed by atoms with Gasteiger partial charge in [0.25, 0.3) is 0 Å². The molecule has 0 saturated heterocycles. The average molecular weight is 314 g/mol. The van der Waals surface area contributed by atoms with E-state index in [0.717, 1.165) is 22.6 Å². The number of carbonyl (C=O) groups is 1. The van der Waals surface area contributed by atoms with Gasteiger partial charge in [-0.25, -0.2) is 0 Å². The van der Waals surface area contributed by atoms with Crippen LogP contribution < -0.4 is 10.6 Å². The van der Waals surface area contributed by atoms with Gasteiger partial charge in [0.05, 0.1) is 0 Å². The van der Waals surface area contributed by atoms with Gasteiger partial charge in [0.2, 0.25) is 5.91 Å². The topological polar surface area (TPSA) is 54.3 Å². The summed E-state index contributed by atoms with van der Waals surface area (Å²) < 4.78 is 5.35. The molecule has 0 bridgehead atoms. The van der Waals surface area contributed by atoms with Crippen LogP contribution in [-0.2, 0) is 4.79 Å². The van der Waals surface area contributed by atoms with Crippen molar-refractivity contribution < 1.29 is 9.21 Å². The molecule has 0 saturated carbocycles. The van der Waals surface area contributed by atoms with Gasteiger partial charge in [0, 0.05) is 11.8 Å². The molecule has 0 aliphatic rings. The number of thiocarbonyl (C=S) groups is 1. The van der Waals surface area contributed by atoms with Gasteiger partial charge >= 0.3 is 0 Å². The van der Waals surface area contributed by atoms with Crippen LogP contribution in [0.25, 0.3) is 6.08 Å². The Balaban J connectivity index is 1.91. The van der Waals surface area contributed by atoms with Crippen molar-refractivity contribution >= 4 is 35.0 Å². The van der Waals surface area contributed by atoms with Crippen molar-refractivity contribution in [2.24, 2.45) is 0 Å². The average Bonchev–Trinajstić information content (AvgIpc) is 2.80. The maximum atomic E-state index is 11.8. The Labute approximate surface area is 135 Å². The molecule has 0 aliphatic heterocycles. The number of rotatable bonds is 3. The zero-order valence-electron chi connectivity index (χ0n) is 12.8. The van der Waals surface area contributed by atoms with Crippen molar-refractivity contribution in [3.63, 3.8) is 0 Å². The zero-order chi connectivity index (χ0) is 16.1. The van der Waals surface area contributed by atoms with Crippen molar-refractivity contribution in [3.8, 4) is 0 Å². The van der Waals surface area contributed by atoms with Crippen molar-refractivity contribution in [2.75, 3.05) is 5.32 Å². The standard InChI is InChI=1S/C17H18N2O2S/c1-11-8-12(2)10-14(9-11)18-17(22)19-16(20)7-6-15-5-4-13(3)21-15/h4-10H,1-3H3,(H2,18,19,20,22). The van der Waals surface area contributed by atoms with Crippen LogP contribution in [0.5, 0.6) is 0 Å². The molecule has 1 aromatic carbocycles. The lowest BCUT2D eigenvalue weighted by Gasteiger charge is -2.09. The van der Waals surface area contributed by atoms with E-state index in [1.807, 2.05) is 39.0 Å². The first-order valence-corrected chi connectivity index (χ1v) is 7.28. The third kappa shape index (κ3) is 4.86. The van der Waals surface area contributed by atoms with Crippen LogP contribution in [0.3, 0.4) is 0 Å². The van der Waals surface area contributed by atoms with E-state index in [-0.39, 0.29) is 11.0 Å². The molecule has 0 atom stereocenters. The van der Waals surface area contributed by atoms with E-state index in [1.54, 1.807) is 12.1 Å². The second kappa shape index (κ2) is 7.04. The summed E-state index contributed by atoms with van der Waals surface area (Å²) in [5, 5.41) is 5.86. The number of aryl methyl sites for hydroxylation is 3. The van der Waals surface area contributed by atoms with Gasteiger partial charge < -0.3 is 9.73 Å². The van der Waals surface area contributed by atoms with Crippen molar-refractivity contribution in [1.29, 1.82) is 0 Å². The minimum absolute atomic E-state index is 0.260. The fourth-order valence-corrected chi connectivity index (χ4v) is 2.28. The Morgan fingerprint density at radius 3 is 2.41 bits per heavy atom. The lowest BCUT2D eigenvalue weighted by Crippen LogP contribution is -2.32. The van der Waals surface area contributed by atoms with E-state index in [9.17, 15) is 4.79 Å². The maximum absolute atomic E-state index is 11.8. The van der Waals surface area contributed by atoms with E-state index in [1.165, 1.54) is 6.08 Å². The summed E-state index contributed by atoms with van der Waals surface area (Å²) in [7, 11) is 0. The van der Waals surface area contributed by atoms with E-state index >= 15 is 0 Å². The van der Waals surface area contributed by atoms with Crippen molar-refractivity contribution in [2.45, 2.75) is 20.8 Å². The molecule has 4 nitrogen and oxygen atoms in total. The second-order valence-corrected chi connectivity index (χ2v) is 5.51. The first kappa shape index (κ1) is 16.0. The molecule has 22 heavy (non-hydrogen) atoms. The van der Waals surface area contributed by atoms with Crippen LogP contribution in [0.15, 0.2) is 40.8 Å². The zero-order valence-corrected chi connectivity index (χ0v) is 13.6. The monoisotopic (exact) mass is 314 g/mol. The molecule has 2 rings (SSSR count). The third-order valence-electron chi connectivity index (χ3n) is 2.88. The van der Waals surface area contributed by atoms with E-state index in [2.05, 4.69) is 16.7 Å². The molecular formula is C17H18N2O2S. The Kier molecular flexibility index (Phi) is 5.12. The molecule has 2 N–H and O–H groups in total. The predicted octanol–water partition coefficient (Wildman–Crippen LogP) is 3.73. The van der Waals surface area contributed by atoms with E-state index in [0.29, 0.717) is 5.76 Å². The predicted molar refractivity (Wildman–Crippen MR) is 92.8 cm³/mol. The molecule has 1 heterocycles. The molecular weight excluding hydrogens is 296 g/mol. The van der Waals surface area contributed by atoms with Crippen LogP contribution in [-0.4, -0.2) is 11.0 Å². The minimum Gasteiger partial charge on any atom is -0.462 e. The third-order valence-corrected chi connectivity index (χ3v) is 3.08. The van der Waals surface area contributed by atoms with Gasteiger partial charge in [-0.05, 0) is 74.5 Å². The minimum atomic E-state index is -0.309. The fourth-order valence-electron chi connectivity index (χ4n) is 2.06. The molecule has 1 amide bonds. The Morgan fingerprint density at radius 2 is 1.82 bits per heavy atom. The largest absolute Gasteiger partial charge is 0.462 e. The van der Waals surface area contributed by atoms with Crippen LogP contribution >= 0.6 is 12.2 Å². The lowest BCUT2D eigenvalue weighted by atomic mass is 10.1. The number of nitrogens with one attached hydrogen (secondary N) is 2. The smallest absolute Gasteiger partial charge is 0.250 e. The van der Waals surface area contributed by atoms with Crippen LogP contribution in [0, 0.1) is 20.8 Å². The molecule has 1 aromatic heterocycles. The van der Waals surface area contributed by atoms with Gasteiger partial charge in [-0.2, -0.15) is 0 Å². The lowest BCUT2D eigenvalue weighted by molar-refractivity contribution is -0.115. The quantitative estimate of drug-likeness (QED) is 0.669. The maximum Gasteiger partial charge on any atom is 0.250 e. The van der Waals surface area contributed by atoms with E-state index < -0.39 is 0 Å². The highest BCUT2D eigenvalue weighted by Gasteiger charge is 2.03. The number of carbonyl (C=O) groups excluding carboxylic acids is 1. The van der Waals surface area contributed by atoms with Gasteiger partial charge in [0.1, 0.15) is 11.5 Å². The molecule has 114 valence electrons. The van der Waals surface area contributed by atoms with Gasteiger partial charge in [-0.15, -0.1) is 0 Å². The number of benzene rings is 1. The first-order valence-electron chi connectivity index (χ1n) is 6.87. The summed E-state index contributed by atoms with van der Waals surface area (Å²) in [5.74, 6) is 1.11. The van der Waals surface area contributed by atoms with Gasteiger partial charge in [0.15, 0.2) is 5.11 Å². The Bertz CT molecular complexity index is 712.